The van der Waals surface area contributed by atoms with Crippen LogP contribution in [-0.4, -0.2) is 54.5 Å². The number of hydrogen-bond acceptors (Lipinski definition) is 5. The van der Waals surface area contributed by atoms with E-state index >= 15 is 0 Å². The van der Waals surface area contributed by atoms with Gasteiger partial charge in [0.1, 0.15) is 5.75 Å². The van der Waals surface area contributed by atoms with Gasteiger partial charge >= 0.3 is 0 Å². The van der Waals surface area contributed by atoms with Gasteiger partial charge in [0, 0.05) is 24.6 Å². The van der Waals surface area contributed by atoms with E-state index in [9.17, 15) is 9.59 Å². The quantitative estimate of drug-likeness (QED) is 0.801. The van der Waals surface area contributed by atoms with Crippen LogP contribution >= 0.6 is 23.5 Å². The maximum Gasteiger partial charge on any atom is 0.260 e. The molecule has 1 aliphatic heterocycles. The fraction of sp³-hybridized carbons (Fsp3) is 0.529. The van der Waals surface area contributed by atoms with Gasteiger partial charge in [0.05, 0.1) is 11.1 Å². The molecule has 5 nitrogen and oxygen atoms in total. The molecular formula is C17H24N2O3S2. The van der Waals surface area contributed by atoms with Crippen LogP contribution in [0.25, 0.3) is 0 Å². The molecule has 1 N–H and O–H groups in total. The topological polar surface area (TPSA) is 58.6 Å². The van der Waals surface area contributed by atoms with Crippen molar-refractivity contribution in [2.45, 2.75) is 24.5 Å². The third-order valence-electron chi connectivity index (χ3n) is 3.39. The Morgan fingerprint density at radius 1 is 1.25 bits per heavy atom. The Morgan fingerprint density at radius 3 is 2.46 bits per heavy atom. The predicted octanol–water partition coefficient (Wildman–Crippen LogP) is 2.53. The summed E-state index contributed by atoms with van der Waals surface area (Å²) in [5.74, 6) is 2.66. The standard InChI is InChI=1S/C17H24N2O3S2/c1-12(2)18-15(20)10-19(3)16(21)11-22-14-6-4-13(5-7-14)17-23-8-9-24-17/h4-7,12,17H,8-11H2,1-3H3,(H,18,20). The first-order valence-corrected chi connectivity index (χ1v) is 10.0. The van der Waals surface area contributed by atoms with E-state index in [2.05, 4.69) is 17.4 Å². The maximum atomic E-state index is 12.0. The normalized spacial score (nSPS) is 14.7. The smallest absolute Gasteiger partial charge is 0.260 e. The summed E-state index contributed by atoms with van der Waals surface area (Å²) in [7, 11) is 1.60. The van der Waals surface area contributed by atoms with Gasteiger partial charge in [-0.25, -0.2) is 0 Å². The molecule has 0 aliphatic carbocycles. The Morgan fingerprint density at radius 2 is 1.88 bits per heavy atom. The van der Waals surface area contributed by atoms with E-state index in [4.69, 9.17) is 4.74 Å². The highest BCUT2D eigenvalue weighted by Crippen LogP contribution is 2.45. The highest BCUT2D eigenvalue weighted by atomic mass is 32.2. The highest BCUT2D eigenvalue weighted by molar-refractivity contribution is 8.19. The Hall–Kier alpha value is -1.34. The maximum absolute atomic E-state index is 12.0. The molecule has 0 radical (unpaired) electrons. The lowest BCUT2D eigenvalue weighted by molar-refractivity contribution is -0.136. The second-order valence-corrected chi connectivity index (χ2v) is 8.63. The van der Waals surface area contributed by atoms with E-state index in [1.54, 1.807) is 7.05 Å². The third-order valence-corrected chi connectivity index (χ3v) is 6.50. The van der Waals surface area contributed by atoms with E-state index < -0.39 is 0 Å². The predicted molar refractivity (Wildman–Crippen MR) is 101 cm³/mol. The number of nitrogens with one attached hydrogen (secondary N) is 1. The van der Waals surface area contributed by atoms with Gasteiger partial charge in [0.2, 0.25) is 5.91 Å². The van der Waals surface area contributed by atoms with Gasteiger partial charge < -0.3 is 15.0 Å². The lowest BCUT2D eigenvalue weighted by atomic mass is 10.2. The third kappa shape index (κ3) is 5.94. The molecule has 0 bridgehead atoms. The number of hydrogen-bond donors (Lipinski definition) is 1. The molecule has 2 rings (SSSR count). The second kappa shape index (κ2) is 9.22. The molecule has 24 heavy (non-hydrogen) atoms. The molecule has 1 aliphatic rings. The Balaban J connectivity index is 1.77. The summed E-state index contributed by atoms with van der Waals surface area (Å²) in [6.07, 6.45) is 0. The fourth-order valence-corrected chi connectivity index (χ4v) is 5.06. The number of carbonyl (C=O) groups is 2. The first-order chi connectivity index (χ1) is 11.5. The van der Waals surface area contributed by atoms with Crippen molar-refractivity contribution in [3.63, 3.8) is 0 Å². The highest BCUT2D eigenvalue weighted by Gasteiger charge is 2.18. The molecule has 0 unspecified atom stereocenters. The van der Waals surface area contributed by atoms with Crippen molar-refractivity contribution in [2.75, 3.05) is 31.7 Å². The molecule has 1 aromatic carbocycles. The minimum atomic E-state index is -0.222. The number of nitrogens with zero attached hydrogens (tertiary/aromatic N) is 1. The number of ether oxygens (including phenoxy) is 1. The lowest BCUT2D eigenvalue weighted by Crippen LogP contribution is -2.42. The van der Waals surface area contributed by atoms with E-state index in [-0.39, 0.29) is 31.0 Å². The first kappa shape index (κ1) is 19.0. The zero-order valence-corrected chi connectivity index (χ0v) is 15.9. The van der Waals surface area contributed by atoms with E-state index in [1.165, 1.54) is 22.0 Å². The van der Waals surface area contributed by atoms with Crippen molar-refractivity contribution in [3.05, 3.63) is 29.8 Å². The van der Waals surface area contributed by atoms with Crippen molar-refractivity contribution in [1.82, 2.24) is 10.2 Å². The molecule has 0 saturated carbocycles. The molecule has 132 valence electrons. The van der Waals surface area contributed by atoms with Crippen LogP contribution in [0.4, 0.5) is 0 Å². The lowest BCUT2D eigenvalue weighted by Gasteiger charge is -2.18. The number of benzene rings is 1. The van der Waals surface area contributed by atoms with E-state index in [0.29, 0.717) is 10.3 Å². The van der Waals surface area contributed by atoms with E-state index in [0.717, 1.165) is 0 Å². The van der Waals surface area contributed by atoms with Crippen molar-refractivity contribution in [3.8, 4) is 5.75 Å². The Bertz CT molecular complexity index is 557. The van der Waals surface area contributed by atoms with Gasteiger partial charge in [-0.05, 0) is 31.5 Å². The van der Waals surface area contributed by atoms with Crippen molar-refractivity contribution in [1.29, 1.82) is 0 Å². The average molecular weight is 369 g/mol. The van der Waals surface area contributed by atoms with Gasteiger partial charge in [-0.15, -0.1) is 23.5 Å². The fourth-order valence-electron chi connectivity index (χ4n) is 2.20. The van der Waals surface area contributed by atoms with Gasteiger partial charge in [-0.3, -0.25) is 9.59 Å². The van der Waals surface area contributed by atoms with Crippen LogP contribution in [0.5, 0.6) is 5.75 Å². The summed E-state index contributed by atoms with van der Waals surface area (Å²) < 4.78 is 6.04. The molecule has 0 spiro atoms. The minimum absolute atomic E-state index is 0.0371. The zero-order chi connectivity index (χ0) is 17.5. The van der Waals surface area contributed by atoms with Gasteiger partial charge in [0.15, 0.2) is 6.61 Å². The largest absolute Gasteiger partial charge is 0.484 e. The summed E-state index contributed by atoms with van der Waals surface area (Å²) in [6, 6.07) is 7.96. The summed E-state index contributed by atoms with van der Waals surface area (Å²) in [4.78, 5) is 25.1. The van der Waals surface area contributed by atoms with Crippen LogP contribution in [-0.2, 0) is 9.59 Å². The number of carbonyl (C=O) groups excluding carboxylic acids is 2. The molecule has 0 aromatic heterocycles. The van der Waals surface area contributed by atoms with Crippen LogP contribution in [0.3, 0.4) is 0 Å². The molecule has 2 amide bonds. The van der Waals surface area contributed by atoms with Crippen molar-refractivity contribution >= 4 is 35.3 Å². The summed E-state index contributed by atoms with van der Waals surface area (Å²) in [5, 5.41) is 2.76. The molecule has 1 fully saturated rings. The number of likely N-dealkylation sites (N-methyl/N-ethyl adjacent to an activating group) is 1. The molecule has 1 heterocycles. The molecule has 1 aromatic rings. The van der Waals surface area contributed by atoms with Crippen molar-refractivity contribution in [2.24, 2.45) is 0 Å². The minimum Gasteiger partial charge on any atom is -0.484 e. The first-order valence-electron chi connectivity index (χ1n) is 7.95. The average Bonchev–Trinajstić information content (AvgIpc) is 3.06. The summed E-state index contributed by atoms with van der Waals surface area (Å²) in [5.41, 5.74) is 1.28. The zero-order valence-electron chi connectivity index (χ0n) is 14.3. The van der Waals surface area contributed by atoms with Gasteiger partial charge in [0.25, 0.3) is 5.91 Å². The molecule has 7 heteroatoms. The van der Waals surface area contributed by atoms with Crippen LogP contribution in [0.15, 0.2) is 24.3 Å². The molecular weight excluding hydrogens is 344 g/mol. The second-order valence-electron chi connectivity index (χ2n) is 5.90. The van der Waals surface area contributed by atoms with Crippen LogP contribution in [0, 0.1) is 0 Å². The van der Waals surface area contributed by atoms with E-state index in [1.807, 2.05) is 49.5 Å². The van der Waals surface area contributed by atoms with Gasteiger partial charge in [-0.1, -0.05) is 12.1 Å². The monoisotopic (exact) mass is 368 g/mol. The van der Waals surface area contributed by atoms with Crippen LogP contribution < -0.4 is 10.1 Å². The van der Waals surface area contributed by atoms with Gasteiger partial charge in [-0.2, -0.15) is 0 Å². The Kier molecular flexibility index (Phi) is 7.30. The summed E-state index contributed by atoms with van der Waals surface area (Å²) in [6.45, 7) is 3.73. The van der Waals surface area contributed by atoms with Crippen LogP contribution in [0.2, 0.25) is 0 Å². The number of rotatable bonds is 7. The molecule has 1 saturated heterocycles. The Labute approximate surface area is 151 Å². The van der Waals surface area contributed by atoms with Crippen molar-refractivity contribution < 1.29 is 14.3 Å². The SMILES string of the molecule is CC(C)NC(=O)CN(C)C(=O)COc1ccc(C2SCCS2)cc1. The number of thioether (sulfide) groups is 2. The molecule has 0 atom stereocenters. The van der Waals surface area contributed by atoms with Crippen LogP contribution in [0.1, 0.15) is 24.0 Å². The summed E-state index contributed by atoms with van der Waals surface area (Å²) >= 11 is 3.91. The number of amides is 2.